The summed E-state index contributed by atoms with van der Waals surface area (Å²) >= 11 is 1.41. The van der Waals surface area contributed by atoms with Gasteiger partial charge in [0.1, 0.15) is 12.1 Å². The van der Waals surface area contributed by atoms with Gasteiger partial charge in [-0.1, -0.05) is 45.5 Å². The van der Waals surface area contributed by atoms with Crippen molar-refractivity contribution in [1.29, 1.82) is 0 Å². The van der Waals surface area contributed by atoms with Gasteiger partial charge in [0.05, 0.1) is 65.6 Å². The summed E-state index contributed by atoms with van der Waals surface area (Å²) in [4.78, 5) is 85.5. The van der Waals surface area contributed by atoms with Gasteiger partial charge in [0, 0.05) is 118 Å². The fraction of sp³-hybridized carbons (Fsp3) is 0.603. The third kappa shape index (κ3) is 13.5. The van der Waals surface area contributed by atoms with Gasteiger partial charge < -0.3 is 33.9 Å². The number of likely N-dealkylation sites (tertiary alicyclic amines) is 1. The molecule has 18 nitrogen and oxygen atoms in total. The minimum absolute atomic E-state index is 0.00414. The van der Waals surface area contributed by atoms with Crippen molar-refractivity contribution in [3.05, 3.63) is 57.2 Å². The number of aryl methyl sites for hydroxylation is 2. The van der Waals surface area contributed by atoms with Crippen LogP contribution < -0.4 is 10.7 Å². The highest BCUT2D eigenvalue weighted by Crippen LogP contribution is 2.45. The Labute approximate surface area is 492 Å². The third-order valence-corrected chi connectivity index (χ3v) is 18.4. The average Bonchev–Trinajstić information content (AvgIpc) is 3.92. The first kappa shape index (κ1) is 61.3. The highest BCUT2D eigenvalue weighted by molar-refractivity contribution is 7.10. The molecule has 446 valence electrons. The van der Waals surface area contributed by atoms with Crippen LogP contribution >= 0.6 is 11.3 Å². The van der Waals surface area contributed by atoms with Gasteiger partial charge in [-0.2, -0.15) is 0 Å². The van der Waals surface area contributed by atoms with Crippen molar-refractivity contribution in [2.45, 2.75) is 142 Å². The number of hydrogen-bond donors (Lipinski definition) is 2. The molecule has 2 bridgehead atoms. The van der Waals surface area contributed by atoms with E-state index < -0.39 is 52.3 Å². The van der Waals surface area contributed by atoms with Crippen LogP contribution in [0.1, 0.15) is 114 Å². The Hall–Kier alpha value is -6.26. The van der Waals surface area contributed by atoms with Gasteiger partial charge >= 0.3 is 0 Å². The lowest BCUT2D eigenvalue weighted by atomic mass is 9.78. The second-order valence-corrected chi connectivity index (χ2v) is 26.0. The van der Waals surface area contributed by atoms with Gasteiger partial charge in [-0.25, -0.2) is 14.8 Å². The summed E-state index contributed by atoms with van der Waals surface area (Å²) in [5.74, 6) is 10.4. The number of methoxy groups -OCH3 is 1. The molecule has 4 amide bonds. The second kappa shape index (κ2) is 25.5. The van der Waals surface area contributed by atoms with E-state index in [1.165, 1.54) is 33.7 Å². The number of rotatable bonds is 19. The normalized spacial score (nSPS) is 19.9. The zero-order chi connectivity index (χ0) is 59.5. The molecule has 0 spiro atoms. The van der Waals surface area contributed by atoms with Gasteiger partial charge in [-0.3, -0.25) is 43.8 Å². The molecule has 5 aliphatic heterocycles. The summed E-state index contributed by atoms with van der Waals surface area (Å²) in [6, 6.07) is 4.34. The maximum atomic E-state index is 16.9. The molecular weight excluding hydrogens is 1080 g/mol. The molecule has 1 saturated carbocycles. The lowest BCUT2D eigenvalue weighted by molar-refractivity contribution is -0.155. The Balaban J connectivity index is 1.02. The number of amides is 4. The molecule has 20 heteroatoms. The number of hydrazine groups is 1. The summed E-state index contributed by atoms with van der Waals surface area (Å²) in [6.45, 7) is 19.4. The molecule has 83 heavy (non-hydrogen) atoms. The van der Waals surface area contributed by atoms with Gasteiger partial charge in [-0.05, 0) is 114 Å². The van der Waals surface area contributed by atoms with E-state index in [4.69, 9.17) is 24.2 Å². The van der Waals surface area contributed by atoms with Crippen molar-refractivity contribution in [2.24, 2.45) is 17.3 Å². The molecule has 5 fully saturated rings. The predicted molar refractivity (Wildman–Crippen MR) is 317 cm³/mol. The maximum Gasteiger partial charge on any atom is 0.298 e. The number of nitrogens with zero attached hydrogens (tertiary/aromatic N) is 8. The number of morpholine rings is 1. The molecular formula is C63H83FN10O8S. The van der Waals surface area contributed by atoms with Crippen LogP contribution in [0.25, 0.3) is 33.4 Å². The number of aromatic nitrogens is 3. The first-order chi connectivity index (χ1) is 39.5. The SMILES string of the molecule is CO[C@@H](C)c1ncc(C#CCN2CCOCC2)cc1-c1c(CC(C)(C)COC=O)c2cc(-c3csc(C[C@H](NC(=O)[C@H](C(C)C)N(C)C(=O)C4(F)CCN(C(=O)C#CC(C)(C)N(C)C)CC4)C(=O)N4NCC5CC4C5)n3)cc3c2n1CCC3. The van der Waals surface area contributed by atoms with Crippen LogP contribution in [-0.2, 0) is 64.0 Å². The molecule has 0 unspecified atom stereocenters. The Morgan fingerprint density at radius 2 is 1.77 bits per heavy atom. The summed E-state index contributed by atoms with van der Waals surface area (Å²) in [5.41, 5.74) is 8.49. The van der Waals surface area contributed by atoms with Crippen molar-refractivity contribution in [3.8, 4) is 46.2 Å². The molecule has 2 N–H and O–H groups in total. The molecule has 10 rings (SSSR count). The third-order valence-electron chi connectivity index (χ3n) is 17.6. The Bertz CT molecular complexity index is 3200. The van der Waals surface area contributed by atoms with Gasteiger partial charge in [0.2, 0.25) is 5.91 Å². The summed E-state index contributed by atoms with van der Waals surface area (Å²) < 4.78 is 36.2. The Morgan fingerprint density at radius 1 is 1.04 bits per heavy atom. The van der Waals surface area contributed by atoms with E-state index in [0.29, 0.717) is 50.1 Å². The second-order valence-electron chi connectivity index (χ2n) is 25.1. The number of halogens is 1. The number of hydrogen-bond acceptors (Lipinski definition) is 14. The van der Waals surface area contributed by atoms with Crippen LogP contribution in [0, 0.1) is 40.9 Å². The minimum atomic E-state index is -2.32. The number of thiazole rings is 1. The topological polar surface area (TPSA) is 184 Å². The van der Waals surface area contributed by atoms with Crippen LogP contribution in [0.3, 0.4) is 0 Å². The quantitative estimate of drug-likeness (QED) is 0.0799. The number of piperidine rings is 1. The fourth-order valence-electron chi connectivity index (χ4n) is 12.2. The predicted octanol–water partition coefficient (Wildman–Crippen LogP) is 6.22. The number of alkyl halides is 1. The maximum absolute atomic E-state index is 16.9. The molecule has 4 aromatic rings. The lowest BCUT2D eigenvalue weighted by Crippen LogP contribution is -2.67. The van der Waals surface area contributed by atoms with Crippen molar-refractivity contribution in [3.63, 3.8) is 0 Å². The zero-order valence-corrected chi connectivity index (χ0v) is 51.1. The number of nitrogens with one attached hydrogen (secondary N) is 2. The van der Waals surface area contributed by atoms with Crippen molar-refractivity contribution < 1.29 is 42.6 Å². The fourth-order valence-corrected chi connectivity index (χ4v) is 13.0. The number of carbonyl (C=O) groups excluding carboxylic acids is 5. The molecule has 6 aliphatic rings. The van der Waals surface area contributed by atoms with Crippen LogP contribution in [-0.4, -0.2) is 186 Å². The first-order valence-corrected chi connectivity index (χ1v) is 30.2. The highest BCUT2D eigenvalue weighted by atomic mass is 32.1. The number of pyridine rings is 1. The molecule has 1 aromatic carbocycles. The summed E-state index contributed by atoms with van der Waals surface area (Å²) in [5, 5.41) is 8.37. The number of carbonyl (C=O) groups is 5. The molecule has 3 atom stereocenters. The minimum Gasteiger partial charge on any atom is -0.467 e. The van der Waals surface area contributed by atoms with Crippen molar-refractivity contribution >= 4 is 52.3 Å². The summed E-state index contributed by atoms with van der Waals surface area (Å²) in [6.07, 6.45) is 5.09. The lowest BCUT2D eigenvalue weighted by Gasteiger charge is -2.50. The van der Waals surface area contributed by atoms with Gasteiger partial charge in [0.25, 0.3) is 24.2 Å². The Kier molecular flexibility index (Phi) is 18.9. The van der Waals surface area contributed by atoms with Crippen molar-refractivity contribution in [1.82, 2.24) is 49.9 Å². The molecule has 8 heterocycles. The van der Waals surface area contributed by atoms with Gasteiger partial charge in [0.15, 0.2) is 5.67 Å². The van der Waals surface area contributed by atoms with Gasteiger partial charge in [-0.15, -0.1) is 11.3 Å². The van der Waals surface area contributed by atoms with Crippen LogP contribution in [0.5, 0.6) is 0 Å². The van der Waals surface area contributed by atoms with E-state index in [0.717, 1.165) is 95.6 Å². The molecule has 3 aromatic heterocycles. The van der Waals surface area contributed by atoms with E-state index in [-0.39, 0.29) is 57.0 Å². The van der Waals surface area contributed by atoms with Crippen LogP contribution in [0.15, 0.2) is 29.8 Å². The molecule has 4 saturated heterocycles. The van der Waals surface area contributed by atoms with E-state index in [2.05, 4.69) is 75.9 Å². The number of benzene rings is 1. The monoisotopic (exact) mass is 1160 g/mol. The van der Waals surface area contributed by atoms with Crippen LogP contribution in [0.2, 0.25) is 0 Å². The zero-order valence-electron chi connectivity index (χ0n) is 50.3. The summed E-state index contributed by atoms with van der Waals surface area (Å²) in [7, 11) is 6.87. The van der Waals surface area contributed by atoms with Crippen molar-refractivity contribution in [2.75, 3.05) is 87.3 Å². The number of ether oxygens (including phenoxy) is 3. The first-order valence-electron chi connectivity index (χ1n) is 29.3. The average molecular weight is 1160 g/mol. The largest absolute Gasteiger partial charge is 0.467 e. The van der Waals surface area contributed by atoms with Crippen LogP contribution in [0.4, 0.5) is 4.39 Å². The standard InChI is InChI=1S/C63H83FN10O8S/c1-40(2)55(70(10)60(79)63(64)18-22-72(23-19-63)53(76)16-17-62(6,7)69(8)9)58(77)68-50(59(78)74-46-28-43(29-46)36-66-74)33-52-67-51(37-83-52)45-31-44-15-13-21-73-56(44)47(32-45)49(34-61(4,5)38-82-39-75)57(73)48-30-42(35-65-54(48)41(3)80-11)14-12-20-71-24-26-81-27-25-71/h30-32,35,37,39-41,43,46,50,55,66H,13,15,18-29,33-34,36,38H2,1-11H3,(H,68,77)/t41-,43?,46?,50-,55-/m0/s1. The van der Waals surface area contributed by atoms with E-state index in [1.54, 1.807) is 26.0 Å². The Morgan fingerprint density at radius 3 is 2.43 bits per heavy atom. The van der Waals surface area contributed by atoms with E-state index >= 15 is 4.39 Å². The number of fused-ring (bicyclic) bond motifs is 2. The number of likely N-dealkylation sites (N-methyl/N-ethyl adjacent to an activating group) is 1. The smallest absolute Gasteiger partial charge is 0.298 e. The highest BCUT2D eigenvalue weighted by Gasteiger charge is 2.48. The van der Waals surface area contributed by atoms with E-state index in [9.17, 15) is 24.0 Å². The molecule has 0 radical (unpaired) electrons. The van der Waals surface area contributed by atoms with E-state index in [1.807, 2.05) is 51.3 Å². The molecule has 1 aliphatic carbocycles.